The first kappa shape index (κ1) is 75.3. The number of rotatable bonds is 58. The van der Waals surface area contributed by atoms with Crippen molar-refractivity contribution in [3.8, 4) is 0 Å². The van der Waals surface area contributed by atoms with Crippen molar-refractivity contribution >= 4 is 17.9 Å². The predicted octanol–water partition coefficient (Wildman–Crippen LogP) is 22.7. The van der Waals surface area contributed by atoms with Gasteiger partial charge >= 0.3 is 17.9 Å². The average Bonchev–Trinajstić information content (AvgIpc) is 3.46. The molecule has 0 saturated heterocycles. The quantitative estimate of drug-likeness (QED) is 0.0261. The second-order valence-electron chi connectivity index (χ2n) is 21.3. The molecule has 0 aromatic rings. The Bertz CT molecular complexity index is 1750. The minimum absolute atomic E-state index is 0.101. The molecule has 0 radical (unpaired) electrons. The van der Waals surface area contributed by atoms with E-state index in [1.165, 1.54) is 103 Å². The Labute approximate surface area is 493 Å². The summed E-state index contributed by atoms with van der Waals surface area (Å²) < 4.78 is 16.8. The topological polar surface area (TPSA) is 78.9 Å². The van der Waals surface area contributed by atoms with Gasteiger partial charge in [-0.15, -0.1) is 0 Å². The first-order valence-electron chi connectivity index (χ1n) is 32.8. The minimum Gasteiger partial charge on any atom is -0.462 e. The van der Waals surface area contributed by atoms with Gasteiger partial charge in [0.15, 0.2) is 6.10 Å². The van der Waals surface area contributed by atoms with E-state index >= 15 is 0 Å². The normalized spacial score (nSPS) is 13.1. The molecule has 1 unspecified atom stereocenters. The first-order chi connectivity index (χ1) is 39.5. The largest absolute Gasteiger partial charge is 0.462 e. The lowest BCUT2D eigenvalue weighted by atomic mass is 10.1. The molecule has 0 aliphatic heterocycles. The lowest BCUT2D eigenvalue weighted by Gasteiger charge is -2.18. The van der Waals surface area contributed by atoms with Gasteiger partial charge in [0.25, 0.3) is 0 Å². The lowest BCUT2D eigenvalue weighted by Crippen LogP contribution is -2.30. The number of esters is 3. The van der Waals surface area contributed by atoms with E-state index in [0.29, 0.717) is 25.7 Å². The zero-order valence-electron chi connectivity index (χ0n) is 51.8. The summed E-state index contributed by atoms with van der Waals surface area (Å²) in [7, 11) is 0. The molecular weight excluding hydrogens is 985 g/mol. The summed E-state index contributed by atoms with van der Waals surface area (Å²) >= 11 is 0. The van der Waals surface area contributed by atoms with Crippen molar-refractivity contribution in [1.82, 2.24) is 0 Å². The molecule has 0 aliphatic rings. The zero-order valence-corrected chi connectivity index (χ0v) is 51.8. The van der Waals surface area contributed by atoms with E-state index in [9.17, 15) is 14.4 Å². The average molecular weight is 1110 g/mol. The number of hydrogen-bond donors (Lipinski definition) is 0. The van der Waals surface area contributed by atoms with Crippen LogP contribution in [0.3, 0.4) is 0 Å². The molecule has 0 N–H and O–H groups in total. The molecule has 0 fully saturated rings. The molecule has 0 amide bonds. The highest BCUT2D eigenvalue weighted by atomic mass is 16.6. The molecule has 0 saturated carbocycles. The molecule has 80 heavy (non-hydrogen) atoms. The molecule has 0 spiro atoms. The molecule has 6 heteroatoms. The summed E-state index contributed by atoms with van der Waals surface area (Å²) in [5, 5.41) is 0. The molecule has 0 aromatic heterocycles. The van der Waals surface area contributed by atoms with Crippen LogP contribution in [0.4, 0.5) is 0 Å². The van der Waals surface area contributed by atoms with E-state index in [1.807, 2.05) is 0 Å². The van der Waals surface area contributed by atoms with Crippen LogP contribution in [0, 0.1) is 0 Å². The maximum atomic E-state index is 12.9. The number of ether oxygens (including phenoxy) is 3. The molecule has 452 valence electrons. The molecule has 0 bridgehead atoms. The molecule has 1 atom stereocenters. The van der Waals surface area contributed by atoms with Crippen LogP contribution in [0.5, 0.6) is 0 Å². The lowest BCUT2D eigenvalue weighted by molar-refractivity contribution is -0.167. The number of carbonyl (C=O) groups is 3. The van der Waals surface area contributed by atoms with E-state index < -0.39 is 6.10 Å². The van der Waals surface area contributed by atoms with Crippen molar-refractivity contribution in [1.29, 1.82) is 0 Å². The Morgan fingerprint density at radius 1 is 0.263 bits per heavy atom. The van der Waals surface area contributed by atoms with E-state index in [-0.39, 0.29) is 31.1 Å². The fourth-order valence-electron chi connectivity index (χ4n) is 8.64. The highest BCUT2D eigenvalue weighted by Gasteiger charge is 2.19. The maximum Gasteiger partial charge on any atom is 0.306 e. The SMILES string of the molecule is CC/C=C\C/C=C\C/C=C\C/C=C\C/C=C\C/C=C\C/C=C\C/C=C\C/C=C\C/C=C\CCCCC(=O)OCC(COC(=O)CCCCCCC/C=C\CCC)OC(=O)CCCCCCCCCCC/C=C\CCCCCCCC. The molecule has 0 aromatic carbocycles. The van der Waals surface area contributed by atoms with Gasteiger partial charge in [0, 0.05) is 19.3 Å². The Kier molecular flexibility index (Phi) is 62.9. The van der Waals surface area contributed by atoms with Crippen molar-refractivity contribution in [2.24, 2.45) is 0 Å². The summed E-state index contributed by atoms with van der Waals surface area (Å²) in [6.45, 7) is 6.42. The van der Waals surface area contributed by atoms with Crippen LogP contribution in [0.25, 0.3) is 0 Å². The minimum atomic E-state index is -0.806. The summed E-state index contributed by atoms with van der Waals surface area (Å²) in [6, 6.07) is 0. The van der Waals surface area contributed by atoms with E-state index in [1.54, 1.807) is 0 Å². The Morgan fingerprint density at radius 2 is 0.512 bits per heavy atom. The Morgan fingerprint density at radius 3 is 0.850 bits per heavy atom. The third-order valence-electron chi connectivity index (χ3n) is 13.5. The van der Waals surface area contributed by atoms with Crippen LogP contribution in [0.1, 0.15) is 284 Å². The Hall–Kier alpha value is -4.71. The van der Waals surface area contributed by atoms with Gasteiger partial charge < -0.3 is 14.2 Å². The van der Waals surface area contributed by atoms with Gasteiger partial charge in [-0.3, -0.25) is 14.4 Å². The zero-order chi connectivity index (χ0) is 57.8. The second-order valence-corrected chi connectivity index (χ2v) is 21.3. The highest BCUT2D eigenvalue weighted by Crippen LogP contribution is 2.15. The fraction of sp³-hybridized carbons (Fsp3) is 0.635. The number of unbranched alkanes of at least 4 members (excludes halogenated alkanes) is 23. The molecule has 6 nitrogen and oxygen atoms in total. The third-order valence-corrected chi connectivity index (χ3v) is 13.5. The van der Waals surface area contributed by atoms with Gasteiger partial charge in [0.1, 0.15) is 13.2 Å². The van der Waals surface area contributed by atoms with E-state index in [2.05, 4.69) is 167 Å². The summed E-state index contributed by atoms with van der Waals surface area (Å²) in [6.07, 6.45) is 95.8. The summed E-state index contributed by atoms with van der Waals surface area (Å²) in [4.78, 5) is 38.2. The van der Waals surface area contributed by atoms with Gasteiger partial charge in [0.05, 0.1) is 0 Å². The third kappa shape index (κ3) is 64.1. The molecule has 0 heterocycles. The molecule has 0 aliphatic carbocycles. The number of allylic oxidation sites excluding steroid dienone is 24. The van der Waals surface area contributed by atoms with Crippen molar-refractivity contribution in [3.63, 3.8) is 0 Å². The van der Waals surface area contributed by atoms with Gasteiger partial charge in [-0.1, -0.05) is 269 Å². The molecule has 0 rings (SSSR count). The fourth-order valence-corrected chi connectivity index (χ4v) is 8.64. The van der Waals surface area contributed by atoms with Crippen LogP contribution in [-0.4, -0.2) is 37.2 Å². The number of hydrogen-bond acceptors (Lipinski definition) is 6. The standard InChI is InChI=1S/C74H120O6/c1-4-7-10-13-16-19-22-24-26-28-30-31-32-33-34-35-36-37-38-39-40-41-42-43-45-46-48-50-52-55-58-61-64-67-73(76)79-70-71(69-78-72(75)66-63-60-57-54-21-18-15-12-9-6-3)80-74(77)68-65-62-59-56-53-51-49-47-44-29-27-25-23-20-17-14-11-8-5-2/h7,10,12,15-16,19,24-27,30-31,33-34,36-37,39-40,42-43,46,48,52,55,71H,4-6,8-9,11,13-14,17-18,20-23,28-29,32,35,38,41,44-45,47,49-51,53-54,56-70H2,1-3H3/b10-7-,15-12-,19-16-,26-24-,27-25-,31-30-,34-33-,37-36-,40-39-,43-42-,48-46-,55-52-. The monoisotopic (exact) mass is 1100 g/mol. The van der Waals surface area contributed by atoms with Crippen molar-refractivity contribution in [2.75, 3.05) is 13.2 Å². The van der Waals surface area contributed by atoms with Gasteiger partial charge in [-0.05, 0) is 141 Å². The van der Waals surface area contributed by atoms with E-state index in [0.717, 1.165) is 135 Å². The smallest absolute Gasteiger partial charge is 0.306 e. The van der Waals surface area contributed by atoms with Crippen molar-refractivity contribution in [2.45, 2.75) is 290 Å². The van der Waals surface area contributed by atoms with Crippen molar-refractivity contribution < 1.29 is 28.6 Å². The van der Waals surface area contributed by atoms with Gasteiger partial charge in [-0.25, -0.2) is 0 Å². The summed E-state index contributed by atoms with van der Waals surface area (Å²) in [5.74, 6) is -0.959. The second kappa shape index (κ2) is 66.8. The Balaban J connectivity index is 4.34. The van der Waals surface area contributed by atoms with Crippen LogP contribution in [0.2, 0.25) is 0 Å². The van der Waals surface area contributed by atoms with Crippen molar-refractivity contribution in [3.05, 3.63) is 146 Å². The van der Waals surface area contributed by atoms with Crippen LogP contribution in [0.15, 0.2) is 146 Å². The van der Waals surface area contributed by atoms with Gasteiger partial charge in [0.2, 0.25) is 0 Å². The van der Waals surface area contributed by atoms with Gasteiger partial charge in [-0.2, -0.15) is 0 Å². The first-order valence-corrected chi connectivity index (χ1v) is 32.8. The molecular formula is C74H120O6. The van der Waals surface area contributed by atoms with E-state index in [4.69, 9.17) is 14.2 Å². The van der Waals surface area contributed by atoms with Crippen LogP contribution in [-0.2, 0) is 28.6 Å². The number of carbonyl (C=O) groups excluding carboxylic acids is 3. The predicted molar refractivity (Wildman–Crippen MR) is 348 cm³/mol. The van der Waals surface area contributed by atoms with Crippen LogP contribution < -0.4 is 0 Å². The van der Waals surface area contributed by atoms with Crippen LogP contribution >= 0.6 is 0 Å². The maximum absolute atomic E-state index is 12.9. The highest BCUT2D eigenvalue weighted by molar-refractivity contribution is 5.71. The summed E-state index contributed by atoms with van der Waals surface area (Å²) in [5.41, 5.74) is 0.